The number of likely N-dealkylation sites (N-methyl/N-ethyl adjacent to an activating group) is 1. The number of carbonyl (C=O) groups excluding carboxylic acids is 1. The van der Waals surface area contributed by atoms with Gasteiger partial charge in [-0.15, -0.1) is 0 Å². The monoisotopic (exact) mass is 394 g/mol. The van der Waals surface area contributed by atoms with E-state index in [9.17, 15) is 4.79 Å². The lowest BCUT2D eigenvalue weighted by atomic mass is 9.84. The van der Waals surface area contributed by atoms with Crippen LogP contribution in [0.3, 0.4) is 0 Å². The van der Waals surface area contributed by atoms with Crippen LogP contribution in [0.5, 0.6) is 5.75 Å². The van der Waals surface area contributed by atoms with Gasteiger partial charge in [0.05, 0.1) is 13.0 Å². The molecule has 2 aromatic rings. The van der Waals surface area contributed by atoms with E-state index in [0.29, 0.717) is 24.9 Å². The number of ether oxygens (including phenoxy) is 1. The van der Waals surface area contributed by atoms with Crippen LogP contribution in [0.1, 0.15) is 31.9 Å². The maximum atomic E-state index is 13.0. The molecular formula is C25H34N2O2. The largest absolute Gasteiger partial charge is 0.494 e. The van der Waals surface area contributed by atoms with Crippen molar-refractivity contribution in [3.63, 3.8) is 0 Å². The second kappa shape index (κ2) is 9.93. The fraction of sp³-hybridized carbons (Fsp3) is 0.480. The van der Waals surface area contributed by atoms with Crippen LogP contribution >= 0.6 is 0 Å². The van der Waals surface area contributed by atoms with Gasteiger partial charge >= 0.3 is 0 Å². The summed E-state index contributed by atoms with van der Waals surface area (Å²) in [4.78, 5) is 17.5. The van der Waals surface area contributed by atoms with Crippen molar-refractivity contribution in [1.29, 1.82) is 0 Å². The fourth-order valence-corrected chi connectivity index (χ4v) is 4.74. The number of amides is 1. The topological polar surface area (TPSA) is 32.8 Å². The number of likely N-dealkylation sites (tertiary alicyclic amines) is 1. The van der Waals surface area contributed by atoms with Gasteiger partial charge in [-0.05, 0) is 42.0 Å². The van der Waals surface area contributed by atoms with E-state index >= 15 is 0 Å². The van der Waals surface area contributed by atoms with Gasteiger partial charge in [-0.3, -0.25) is 9.69 Å². The molecule has 1 aliphatic rings. The summed E-state index contributed by atoms with van der Waals surface area (Å²) in [6.07, 6.45) is 0.437. The van der Waals surface area contributed by atoms with Crippen LogP contribution in [0.2, 0.25) is 0 Å². The molecular weight excluding hydrogens is 360 g/mol. The zero-order chi connectivity index (χ0) is 20.8. The molecule has 29 heavy (non-hydrogen) atoms. The highest BCUT2D eigenvalue weighted by atomic mass is 16.5. The van der Waals surface area contributed by atoms with Crippen LogP contribution in [-0.4, -0.2) is 48.5 Å². The zero-order valence-electron chi connectivity index (χ0n) is 18.2. The summed E-state index contributed by atoms with van der Waals surface area (Å²) in [5.41, 5.74) is 2.39. The van der Waals surface area contributed by atoms with Crippen molar-refractivity contribution < 1.29 is 9.53 Å². The van der Waals surface area contributed by atoms with Crippen LogP contribution in [0, 0.1) is 11.8 Å². The Hall–Kier alpha value is -2.33. The number of piperidine rings is 1. The summed E-state index contributed by atoms with van der Waals surface area (Å²) in [6, 6.07) is 18.8. The Labute approximate surface area is 175 Å². The first kappa shape index (κ1) is 21.4. The lowest BCUT2D eigenvalue weighted by molar-refractivity contribution is -0.135. The first-order chi connectivity index (χ1) is 14.0. The quantitative estimate of drug-likeness (QED) is 0.704. The minimum absolute atomic E-state index is 0.189. The third kappa shape index (κ3) is 5.60. The van der Waals surface area contributed by atoms with Crippen molar-refractivity contribution in [2.75, 3.05) is 26.7 Å². The number of nitrogens with zero attached hydrogens (tertiary/aromatic N) is 2. The summed E-state index contributed by atoms with van der Waals surface area (Å²) in [6.45, 7) is 10.2. The second-order valence-corrected chi connectivity index (χ2v) is 8.38. The van der Waals surface area contributed by atoms with Gasteiger partial charge in [0.1, 0.15) is 5.75 Å². The summed E-state index contributed by atoms with van der Waals surface area (Å²) in [7, 11) is 1.97. The molecule has 0 saturated carbocycles. The van der Waals surface area contributed by atoms with Gasteiger partial charge < -0.3 is 9.64 Å². The lowest BCUT2D eigenvalue weighted by Gasteiger charge is -2.45. The first-order valence-corrected chi connectivity index (χ1v) is 10.7. The van der Waals surface area contributed by atoms with E-state index in [2.05, 4.69) is 49.1 Å². The third-order valence-corrected chi connectivity index (χ3v) is 5.94. The predicted octanol–water partition coefficient (Wildman–Crippen LogP) is 4.24. The van der Waals surface area contributed by atoms with Gasteiger partial charge in [-0.1, -0.05) is 56.3 Å². The number of hydrogen-bond donors (Lipinski definition) is 0. The van der Waals surface area contributed by atoms with Crippen LogP contribution < -0.4 is 4.74 Å². The Balaban J connectivity index is 1.58. The van der Waals surface area contributed by atoms with Crippen molar-refractivity contribution in [2.24, 2.45) is 11.8 Å². The molecule has 1 aliphatic heterocycles. The molecule has 2 aromatic carbocycles. The number of rotatable bonds is 7. The molecule has 3 rings (SSSR count). The molecule has 0 bridgehead atoms. The summed E-state index contributed by atoms with van der Waals surface area (Å²) < 4.78 is 5.49. The van der Waals surface area contributed by atoms with Crippen LogP contribution in [0.15, 0.2) is 54.6 Å². The Morgan fingerprint density at radius 1 is 1.00 bits per heavy atom. The Morgan fingerprint density at radius 2 is 1.62 bits per heavy atom. The van der Waals surface area contributed by atoms with E-state index < -0.39 is 0 Å². The first-order valence-electron chi connectivity index (χ1n) is 10.7. The molecule has 1 fully saturated rings. The van der Waals surface area contributed by atoms with Crippen molar-refractivity contribution >= 4 is 5.91 Å². The number of carbonyl (C=O) groups is 1. The highest BCUT2D eigenvalue weighted by molar-refractivity contribution is 5.79. The highest BCUT2D eigenvalue weighted by Crippen LogP contribution is 2.28. The van der Waals surface area contributed by atoms with E-state index in [1.807, 2.05) is 43.1 Å². The van der Waals surface area contributed by atoms with Crippen molar-refractivity contribution in [3.8, 4) is 5.75 Å². The maximum absolute atomic E-state index is 13.0. The molecule has 2 atom stereocenters. The molecule has 1 amide bonds. The summed E-state index contributed by atoms with van der Waals surface area (Å²) in [5.74, 6) is 1.92. The van der Waals surface area contributed by atoms with Crippen LogP contribution in [0.4, 0.5) is 0 Å². The molecule has 0 aliphatic carbocycles. The van der Waals surface area contributed by atoms with Gasteiger partial charge in [-0.2, -0.15) is 0 Å². The maximum Gasteiger partial charge on any atom is 0.227 e. The standard InChI is InChI=1S/C25H34N2O2/c1-5-29-23-13-11-21(12-14-23)15-24(28)26(4)25-19(2)16-27(17-20(25)3)18-22-9-7-6-8-10-22/h6-14,19-20,25H,5,15-18H2,1-4H3/t19-,20-/m1/s1. The van der Waals surface area contributed by atoms with Gasteiger partial charge in [0.15, 0.2) is 0 Å². The molecule has 0 spiro atoms. The van der Waals surface area contributed by atoms with E-state index in [0.717, 1.165) is 30.9 Å². The van der Waals surface area contributed by atoms with Crippen molar-refractivity contribution in [1.82, 2.24) is 9.80 Å². The van der Waals surface area contributed by atoms with Crippen LogP contribution in [-0.2, 0) is 17.8 Å². The van der Waals surface area contributed by atoms with Gasteiger partial charge in [0.25, 0.3) is 0 Å². The Kier molecular flexibility index (Phi) is 7.32. The Morgan fingerprint density at radius 3 is 2.21 bits per heavy atom. The third-order valence-electron chi connectivity index (χ3n) is 5.94. The van der Waals surface area contributed by atoms with Gasteiger partial charge in [-0.25, -0.2) is 0 Å². The molecule has 4 heteroatoms. The average Bonchev–Trinajstić information content (AvgIpc) is 2.70. The van der Waals surface area contributed by atoms with E-state index in [-0.39, 0.29) is 11.9 Å². The molecule has 1 saturated heterocycles. The van der Waals surface area contributed by atoms with E-state index in [4.69, 9.17) is 4.74 Å². The minimum Gasteiger partial charge on any atom is -0.494 e. The number of benzene rings is 2. The van der Waals surface area contributed by atoms with Crippen LogP contribution in [0.25, 0.3) is 0 Å². The normalized spacial score (nSPS) is 20.4. The molecule has 156 valence electrons. The highest BCUT2D eigenvalue weighted by Gasteiger charge is 2.36. The molecule has 0 unspecified atom stereocenters. The number of hydrogen-bond acceptors (Lipinski definition) is 3. The molecule has 4 nitrogen and oxygen atoms in total. The van der Waals surface area contributed by atoms with Crippen molar-refractivity contribution in [3.05, 3.63) is 65.7 Å². The van der Waals surface area contributed by atoms with E-state index in [1.165, 1.54) is 5.56 Å². The smallest absolute Gasteiger partial charge is 0.227 e. The minimum atomic E-state index is 0.189. The zero-order valence-corrected chi connectivity index (χ0v) is 18.2. The van der Waals surface area contributed by atoms with Gasteiger partial charge in [0.2, 0.25) is 5.91 Å². The predicted molar refractivity (Wildman–Crippen MR) is 118 cm³/mol. The molecule has 1 heterocycles. The fourth-order valence-electron chi connectivity index (χ4n) is 4.74. The summed E-state index contributed by atoms with van der Waals surface area (Å²) in [5, 5.41) is 0. The average molecular weight is 395 g/mol. The molecule has 0 aromatic heterocycles. The molecule has 0 N–H and O–H groups in total. The van der Waals surface area contributed by atoms with Gasteiger partial charge in [0, 0.05) is 32.7 Å². The SMILES string of the molecule is CCOc1ccc(CC(=O)N(C)C2[C@H](C)CN(Cc3ccccc3)C[C@H]2C)cc1. The second-order valence-electron chi connectivity index (χ2n) is 8.38. The summed E-state index contributed by atoms with van der Waals surface area (Å²) >= 11 is 0. The van der Waals surface area contributed by atoms with E-state index in [1.54, 1.807) is 0 Å². The molecule has 0 radical (unpaired) electrons. The Bertz CT molecular complexity index is 763. The van der Waals surface area contributed by atoms with Crippen molar-refractivity contribution in [2.45, 2.75) is 39.8 Å². The lowest BCUT2D eigenvalue weighted by Crippen LogP contribution is -2.55.